The van der Waals surface area contributed by atoms with Crippen molar-refractivity contribution in [2.75, 3.05) is 0 Å². The quantitative estimate of drug-likeness (QED) is 0.213. The molecule has 0 atom stereocenters. The van der Waals surface area contributed by atoms with Crippen molar-refractivity contribution in [1.82, 2.24) is 29.9 Å². The van der Waals surface area contributed by atoms with Crippen molar-refractivity contribution in [3.63, 3.8) is 0 Å². The van der Waals surface area contributed by atoms with E-state index < -0.39 is 5.97 Å². The summed E-state index contributed by atoms with van der Waals surface area (Å²) in [5.74, 6) is -0.963. The maximum atomic E-state index is 10.7. The van der Waals surface area contributed by atoms with Gasteiger partial charge in [-0.1, -0.05) is 37.8 Å². The molecule has 6 aromatic rings. The first-order valence-electron chi connectivity index (χ1n) is 12.0. The number of carboxylic acid groups (broad SMARTS) is 1. The van der Waals surface area contributed by atoms with Gasteiger partial charge in [0.25, 0.3) is 0 Å². The Bertz CT molecular complexity index is 1410. The Morgan fingerprint density at radius 1 is 0.439 bits per heavy atom. The number of aromatic carboxylic acids is 1. The third kappa shape index (κ3) is 10.2. The molecule has 0 aliphatic heterocycles. The normalized spacial score (nSPS) is 9.27. The Morgan fingerprint density at radius 2 is 0.732 bits per heavy atom. The van der Waals surface area contributed by atoms with E-state index in [0.29, 0.717) is 11.4 Å². The molecule has 0 saturated heterocycles. The van der Waals surface area contributed by atoms with Crippen molar-refractivity contribution in [2.45, 2.75) is 7.43 Å². The molecule has 41 heavy (non-hydrogen) atoms. The summed E-state index contributed by atoms with van der Waals surface area (Å²) in [4.78, 5) is 35.6. The topological polar surface area (TPSA) is 115 Å². The first-order valence-corrected chi connectivity index (χ1v) is 12.0. The molecule has 0 radical (unpaired) electrons. The number of rotatable bonds is 4. The molecular weight excluding hydrogens is 601 g/mol. The molecular formula is C32H28N6O2Ru. The third-order valence-corrected chi connectivity index (χ3v) is 5.12. The molecule has 0 aromatic carbocycles. The summed E-state index contributed by atoms with van der Waals surface area (Å²) >= 11 is 0. The van der Waals surface area contributed by atoms with Crippen molar-refractivity contribution >= 4 is 5.97 Å². The minimum atomic E-state index is -0.963. The molecule has 0 aliphatic carbocycles. The van der Waals surface area contributed by atoms with E-state index in [0.717, 1.165) is 22.8 Å². The summed E-state index contributed by atoms with van der Waals surface area (Å²) < 4.78 is 0. The smallest absolute Gasteiger partial charge is 0.335 e. The molecule has 206 valence electrons. The molecule has 9 heteroatoms. The Morgan fingerprint density at radius 3 is 1.00 bits per heavy atom. The molecule has 0 spiro atoms. The van der Waals surface area contributed by atoms with E-state index in [1.54, 1.807) is 43.1 Å². The van der Waals surface area contributed by atoms with Crippen LogP contribution < -0.4 is 0 Å². The average Bonchev–Trinajstić information content (AvgIpc) is 3.04. The first kappa shape index (κ1) is 32.2. The molecule has 6 rings (SSSR count). The number of hydrogen-bond acceptors (Lipinski definition) is 7. The molecule has 8 nitrogen and oxygen atoms in total. The maximum Gasteiger partial charge on any atom is 0.335 e. The van der Waals surface area contributed by atoms with Gasteiger partial charge in [-0.2, -0.15) is 0 Å². The molecule has 0 saturated carbocycles. The van der Waals surface area contributed by atoms with Crippen LogP contribution in [0.3, 0.4) is 0 Å². The van der Waals surface area contributed by atoms with Gasteiger partial charge >= 0.3 is 5.97 Å². The summed E-state index contributed by atoms with van der Waals surface area (Å²) in [6.45, 7) is 0. The zero-order valence-corrected chi connectivity index (χ0v) is 22.9. The van der Waals surface area contributed by atoms with Crippen LogP contribution in [0.2, 0.25) is 0 Å². The van der Waals surface area contributed by atoms with E-state index in [1.807, 2.05) is 78.9 Å². The Balaban J connectivity index is 0.000000212. The summed E-state index contributed by atoms with van der Waals surface area (Å²) in [6, 6.07) is 31.6. The van der Waals surface area contributed by atoms with Crippen molar-refractivity contribution in [1.29, 1.82) is 0 Å². The minimum Gasteiger partial charge on any atom is -0.478 e. The molecule has 0 aliphatic rings. The largest absolute Gasteiger partial charge is 0.478 e. The zero-order chi connectivity index (χ0) is 27.1. The van der Waals surface area contributed by atoms with E-state index in [1.165, 1.54) is 18.3 Å². The Hall–Kier alpha value is -5.01. The summed E-state index contributed by atoms with van der Waals surface area (Å²) in [6.07, 6.45) is 10.2. The SMILES string of the molecule is C.O=C(O)c1ccnc(-c2ccccn2)c1.[Ru].c1ccc(-c2ccccn2)nc1.c1ccc(-c2ccccn2)nc1. The summed E-state index contributed by atoms with van der Waals surface area (Å²) in [7, 11) is 0. The van der Waals surface area contributed by atoms with E-state index in [4.69, 9.17) is 5.11 Å². The fourth-order valence-corrected chi connectivity index (χ4v) is 3.28. The van der Waals surface area contributed by atoms with E-state index in [9.17, 15) is 4.79 Å². The van der Waals surface area contributed by atoms with E-state index >= 15 is 0 Å². The number of aromatic nitrogens is 6. The van der Waals surface area contributed by atoms with Gasteiger partial charge in [-0.05, 0) is 72.8 Å². The van der Waals surface area contributed by atoms with Crippen LogP contribution in [0.4, 0.5) is 0 Å². The molecule has 0 amide bonds. The van der Waals surface area contributed by atoms with Crippen LogP contribution in [0.5, 0.6) is 0 Å². The van der Waals surface area contributed by atoms with Gasteiger partial charge in [-0.15, -0.1) is 0 Å². The van der Waals surface area contributed by atoms with Gasteiger partial charge in [0.1, 0.15) is 0 Å². The third-order valence-electron chi connectivity index (χ3n) is 5.12. The van der Waals surface area contributed by atoms with Crippen molar-refractivity contribution in [3.8, 4) is 34.2 Å². The number of hydrogen-bond donors (Lipinski definition) is 1. The van der Waals surface area contributed by atoms with E-state index in [-0.39, 0.29) is 32.5 Å². The van der Waals surface area contributed by atoms with Gasteiger partial charge in [0.2, 0.25) is 0 Å². The number of carbonyl (C=O) groups is 1. The van der Waals surface area contributed by atoms with Crippen LogP contribution in [0.15, 0.2) is 140 Å². The van der Waals surface area contributed by atoms with Crippen LogP contribution in [0.1, 0.15) is 17.8 Å². The van der Waals surface area contributed by atoms with Crippen molar-refractivity contribution in [2.24, 2.45) is 0 Å². The second-order valence-corrected chi connectivity index (χ2v) is 7.81. The van der Waals surface area contributed by atoms with Gasteiger partial charge in [-0.3, -0.25) is 29.9 Å². The second kappa shape index (κ2) is 17.6. The number of pyridine rings is 6. The van der Waals surface area contributed by atoms with Gasteiger partial charge < -0.3 is 5.11 Å². The van der Waals surface area contributed by atoms with Crippen LogP contribution in [-0.4, -0.2) is 41.0 Å². The molecule has 0 fully saturated rings. The van der Waals surface area contributed by atoms with E-state index in [2.05, 4.69) is 29.9 Å². The fraction of sp³-hybridized carbons (Fsp3) is 0.0312. The van der Waals surface area contributed by atoms with Crippen molar-refractivity contribution < 1.29 is 29.4 Å². The molecule has 6 heterocycles. The Kier molecular flexibility index (Phi) is 13.8. The van der Waals surface area contributed by atoms with Crippen molar-refractivity contribution in [3.05, 3.63) is 146 Å². The monoisotopic (exact) mass is 630 g/mol. The average molecular weight is 630 g/mol. The van der Waals surface area contributed by atoms with Gasteiger partial charge in [0.15, 0.2) is 0 Å². The predicted octanol–water partition coefficient (Wildman–Crippen LogP) is 6.76. The van der Waals surface area contributed by atoms with Gasteiger partial charge in [0, 0.05) is 56.7 Å². The molecule has 6 aromatic heterocycles. The van der Waals surface area contributed by atoms with Gasteiger partial charge in [0.05, 0.1) is 39.7 Å². The van der Waals surface area contributed by atoms with Crippen LogP contribution in [0, 0.1) is 0 Å². The van der Waals surface area contributed by atoms with Crippen LogP contribution >= 0.6 is 0 Å². The van der Waals surface area contributed by atoms with Gasteiger partial charge in [-0.25, -0.2) is 4.79 Å². The number of carboxylic acids is 1. The predicted molar refractivity (Wildman–Crippen MR) is 156 cm³/mol. The summed E-state index contributed by atoms with van der Waals surface area (Å²) in [5, 5.41) is 8.81. The Labute approximate surface area is 252 Å². The standard InChI is InChI=1S/C11H8N2O2.2C10H8N2.CH4.Ru/c14-11(15)8-4-6-13-10(7-8)9-3-1-2-5-12-9;2*1-3-7-11-9(5-1)10-6-2-4-8-12-10;;/h1-7H,(H,14,15);2*1-8H;1H4;. The fourth-order valence-electron chi connectivity index (χ4n) is 3.28. The zero-order valence-electron chi connectivity index (χ0n) is 21.2. The van der Waals surface area contributed by atoms with Crippen LogP contribution in [-0.2, 0) is 19.5 Å². The summed E-state index contributed by atoms with van der Waals surface area (Å²) in [5.41, 5.74) is 5.11. The molecule has 0 unspecified atom stereocenters. The molecule has 0 bridgehead atoms. The minimum absolute atomic E-state index is 0. The first-order chi connectivity index (χ1) is 19.2. The maximum absolute atomic E-state index is 10.7. The second-order valence-electron chi connectivity index (χ2n) is 7.81. The molecule has 1 N–H and O–H groups in total. The van der Waals surface area contributed by atoms with Crippen LogP contribution in [0.25, 0.3) is 34.2 Å². The number of nitrogens with zero attached hydrogens (tertiary/aromatic N) is 6.